The van der Waals surface area contributed by atoms with E-state index in [1.807, 2.05) is 31.2 Å². The van der Waals surface area contributed by atoms with E-state index >= 15 is 0 Å². The van der Waals surface area contributed by atoms with E-state index in [1.165, 1.54) is 12.8 Å². The van der Waals surface area contributed by atoms with Crippen molar-refractivity contribution in [2.75, 3.05) is 19.6 Å². The fourth-order valence-electron chi connectivity index (χ4n) is 3.94. The third kappa shape index (κ3) is 3.98. The smallest absolute Gasteiger partial charge is 0.251 e. The van der Waals surface area contributed by atoms with E-state index < -0.39 is 0 Å². The number of fused-ring (bicyclic) bond motifs is 1. The Morgan fingerprint density at radius 2 is 1.88 bits per heavy atom. The predicted octanol–water partition coefficient (Wildman–Crippen LogP) is 2.55. The number of amides is 1. The van der Waals surface area contributed by atoms with Gasteiger partial charge in [0, 0.05) is 24.0 Å². The average molecular weight is 355 g/mol. The topological polar surface area (TPSA) is 54.3 Å². The number of aromatic nitrogens is 1. The summed E-state index contributed by atoms with van der Waals surface area (Å²) in [6, 6.07) is 9.70. The Balaban J connectivity index is 1.72. The summed E-state index contributed by atoms with van der Waals surface area (Å²) in [5, 5.41) is 4.07. The monoisotopic (exact) mass is 355 g/mol. The molecule has 5 nitrogen and oxygen atoms in total. The van der Waals surface area contributed by atoms with Crippen LogP contribution in [0.2, 0.25) is 0 Å². The Morgan fingerprint density at radius 3 is 2.58 bits per heavy atom. The van der Waals surface area contributed by atoms with Crippen LogP contribution >= 0.6 is 0 Å². The summed E-state index contributed by atoms with van der Waals surface area (Å²) in [6.45, 7) is 9.25. The fraction of sp³-hybridized carbons (Fsp3) is 0.524. The lowest BCUT2D eigenvalue weighted by Crippen LogP contribution is -2.46. The summed E-state index contributed by atoms with van der Waals surface area (Å²) < 4.78 is 1.57. The highest BCUT2D eigenvalue weighted by Crippen LogP contribution is 2.18. The quantitative estimate of drug-likeness (QED) is 0.866. The van der Waals surface area contributed by atoms with Crippen molar-refractivity contribution in [2.24, 2.45) is 5.92 Å². The second-order valence-corrected chi connectivity index (χ2v) is 7.63. The second kappa shape index (κ2) is 8.04. The molecule has 140 valence electrons. The van der Waals surface area contributed by atoms with Crippen molar-refractivity contribution in [1.82, 2.24) is 14.8 Å². The molecule has 1 aromatic heterocycles. The Labute approximate surface area is 155 Å². The van der Waals surface area contributed by atoms with E-state index in [2.05, 4.69) is 24.1 Å². The van der Waals surface area contributed by atoms with E-state index in [0.717, 1.165) is 29.6 Å². The lowest BCUT2D eigenvalue weighted by atomic mass is 10.0. The van der Waals surface area contributed by atoms with Gasteiger partial charge in [-0.1, -0.05) is 32.0 Å². The van der Waals surface area contributed by atoms with Gasteiger partial charge in [-0.25, -0.2) is 0 Å². The van der Waals surface area contributed by atoms with Crippen LogP contribution in [0.3, 0.4) is 0 Å². The van der Waals surface area contributed by atoms with Crippen molar-refractivity contribution < 1.29 is 4.79 Å². The molecule has 1 fully saturated rings. The molecule has 0 unspecified atom stereocenters. The SMILES string of the molecule is Cc1cc(=O)n(CC(=O)NC[C@H](C(C)C)N2CCCC2)c2ccccc12. The van der Waals surface area contributed by atoms with Crippen molar-refractivity contribution in [3.05, 3.63) is 46.2 Å². The lowest BCUT2D eigenvalue weighted by Gasteiger charge is -2.31. The number of benzene rings is 1. The summed E-state index contributed by atoms with van der Waals surface area (Å²) in [5.41, 5.74) is 1.63. The zero-order chi connectivity index (χ0) is 18.7. The van der Waals surface area contributed by atoms with Gasteiger partial charge in [0.05, 0.1) is 5.52 Å². The van der Waals surface area contributed by atoms with Crippen LogP contribution in [-0.4, -0.2) is 41.1 Å². The number of likely N-dealkylation sites (tertiary alicyclic amines) is 1. The van der Waals surface area contributed by atoms with Gasteiger partial charge in [-0.2, -0.15) is 0 Å². The van der Waals surface area contributed by atoms with E-state index in [4.69, 9.17) is 0 Å². The first-order valence-corrected chi connectivity index (χ1v) is 9.57. The highest BCUT2D eigenvalue weighted by atomic mass is 16.2. The van der Waals surface area contributed by atoms with Gasteiger partial charge in [-0.15, -0.1) is 0 Å². The van der Waals surface area contributed by atoms with Gasteiger partial charge in [0.2, 0.25) is 5.91 Å². The molecule has 1 saturated heterocycles. The number of rotatable bonds is 6. The van der Waals surface area contributed by atoms with Gasteiger partial charge in [0.15, 0.2) is 0 Å². The number of hydrogen-bond donors (Lipinski definition) is 1. The van der Waals surface area contributed by atoms with Gasteiger partial charge in [0.25, 0.3) is 5.56 Å². The first kappa shape index (κ1) is 18.6. The van der Waals surface area contributed by atoms with Crippen LogP contribution in [0, 0.1) is 12.8 Å². The van der Waals surface area contributed by atoms with Gasteiger partial charge in [-0.05, 0) is 50.4 Å². The zero-order valence-electron chi connectivity index (χ0n) is 16.0. The number of aryl methyl sites for hydroxylation is 1. The molecule has 1 amide bonds. The Kier molecular flexibility index (Phi) is 5.77. The molecule has 2 heterocycles. The maximum absolute atomic E-state index is 12.5. The van der Waals surface area contributed by atoms with Crippen LogP contribution < -0.4 is 10.9 Å². The summed E-state index contributed by atoms with van der Waals surface area (Å²) in [4.78, 5) is 27.4. The van der Waals surface area contributed by atoms with Crippen LogP contribution in [-0.2, 0) is 11.3 Å². The molecule has 0 saturated carbocycles. The normalized spacial score (nSPS) is 16.3. The number of nitrogens with one attached hydrogen (secondary N) is 1. The Bertz CT molecular complexity index is 835. The number of pyridine rings is 1. The van der Waals surface area contributed by atoms with Crippen molar-refractivity contribution in [2.45, 2.75) is 46.2 Å². The number of hydrogen-bond acceptors (Lipinski definition) is 3. The molecule has 5 heteroatoms. The molecule has 1 aromatic carbocycles. The summed E-state index contributed by atoms with van der Waals surface area (Å²) >= 11 is 0. The van der Waals surface area contributed by atoms with Crippen molar-refractivity contribution in [3.8, 4) is 0 Å². The van der Waals surface area contributed by atoms with Crippen LogP contribution in [0.25, 0.3) is 10.9 Å². The number of nitrogens with zero attached hydrogens (tertiary/aromatic N) is 2. The highest BCUT2D eigenvalue weighted by molar-refractivity contribution is 5.84. The number of para-hydroxylation sites is 1. The zero-order valence-corrected chi connectivity index (χ0v) is 16.0. The van der Waals surface area contributed by atoms with E-state index in [-0.39, 0.29) is 18.0 Å². The van der Waals surface area contributed by atoms with Crippen LogP contribution in [0.15, 0.2) is 35.1 Å². The Morgan fingerprint density at radius 1 is 1.19 bits per heavy atom. The van der Waals surface area contributed by atoms with Gasteiger partial charge in [0.1, 0.15) is 6.54 Å². The molecule has 0 bridgehead atoms. The molecular weight excluding hydrogens is 326 g/mol. The summed E-state index contributed by atoms with van der Waals surface area (Å²) in [6.07, 6.45) is 2.48. The third-order valence-electron chi connectivity index (χ3n) is 5.42. The standard InChI is InChI=1S/C21H29N3O2/c1-15(2)19(23-10-6-7-11-23)13-22-20(25)14-24-18-9-5-4-8-17(18)16(3)12-21(24)26/h4-5,8-9,12,15,19H,6-7,10-11,13-14H2,1-3H3,(H,22,25)/t19-/m1/s1. The third-order valence-corrected chi connectivity index (χ3v) is 5.42. The predicted molar refractivity (Wildman–Crippen MR) is 105 cm³/mol. The number of carbonyl (C=O) groups excluding carboxylic acids is 1. The van der Waals surface area contributed by atoms with Crippen LogP contribution in [0.4, 0.5) is 0 Å². The minimum atomic E-state index is -0.128. The molecule has 1 aliphatic rings. The largest absolute Gasteiger partial charge is 0.353 e. The summed E-state index contributed by atoms with van der Waals surface area (Å²) in [7, 11) is 0. The second-order valence-electron chi connectivity index (χ2n) is 7.63. The molecule has 0 aliphatic carbocycles. The van der Waals surface area contributed by atoms with Gasteiger partial charge >= 0.3 is 0 Å². The minimum absolute atomic E-state index is 0.0600. The maximum Gasteiger partial charge on any atom is 0.251 e. The number of carbonyl (C=O) groups is 1. The minimum Gasteiger partial charge on any atom is -0.353 e. The Hall–Kier alpha value is -2.14. The first-order chi connectivity index (χ1) is 12.5. The molecule has 2 aromatic rings. The van der Waals surface area contributed by atoms with Crippen molar-refractivity contribution in [3.63, 3.8) is 0 Å². The molecule has 0 radical (unpaired) electrons. The molecule has 1 N–H and O–H groups in total. The van der Waals surface area contributed by atoms with Gasteiger partial charge < -0.3 is 5.32 Å². The van der Waals surface area contributed by atoms with E-state index in [1.54, 1.807) is 10.6 Å². The molecule has 1 aliphatic heterocycles. The lowest BCUT2D eigenvalue weighted by molar-refractivity contribution is -0.122. The van der Waals surface area contributed by atoms with Crippen molar-refractivity contribution in [1.29, 1.82) is 0 Å². The first-order valence-electron chi connectivity index (χ1n) is 9.57. The molecule has 3 rings (SSSR count). The fourth-order valence-corrected chi connectivity index (χ4v) is 3.94. The van der Waals surface area contributed by atoms with E-state index in [0.29, 0.717) is 18.5 Å². The maximum atomic E-state index is 12.5. The van der Waals surface area contributed by atoms with Gasteiger partial charge in [-0.3, -0.25) is 19.1 Å². The highest BCUT2D eigenvalue weighted by Gasteiger charge is 2.25. The van der Waals surface area contributed by atoms with Crippen molar-refractivity contribution >= 4 is 16.8 Å². The summed E-state index contributed by atoms with van der Waals surface area (Å²) in [5.74, 6) is 0.377. The van der Waals surface area contributed by atoms with Crippen LogP contribution in [0.1, 0.15) is 32.3 Å². The van der Waals surface area contributed by atoms with Crippen LogP contribution in [0.5, 0.6) is 0 Å². The molecule has 0 spiro atoms. The molecule has 26 heavy (non-hydrogen) atoms. The molecule has 1 atom stereocenters. The molecular formula is C21H29N3O2. The average Bonchev–Trinajstić information content (AvgIpc) is 3.13. The van der Waals surface area contributed by atoms with E-state index in [9.17, 15) is 9.59 Å².